The van der Waals surface area contributed by atoms with Crippen molar-refractivity contribution in [1.29, 1.82) is 0 Å². The van der Waals surface area contributed by atoms with Crippen molar-refractivity contribution in [1.82, 2.24) is 4.98 Å². The zero-order chi connectivity index (χ0) is 45.6. The summed E-state index contributed by atoms with van der Waals surface area (Å²) in [5, 5.41) is 0.728. The van der Waals surface area contributed by atoms with Gasteiger partial charge in [-0.2, -0.15) is 0 Å². The number of benzene rings is 2. The molecular formula is C52H61NO10S2. The fourth-order valence-corrected chi connectivity index (χ4v) is 12.5. The van der Waals surface area contributed by atoms with Crippen molar-refractivity contribution < 1.29 is 47.7 Å². The number of ketones is 2. The fourth-order valence-electron chi connectivity index (χ4n) is 10.4. The van der Waals surface area contributed by atoms with E-state index in [0.717, 1.165) is 71.7 Å². The van der Waals surface area contributed by atoms with E-state index in [-0.39, 0.29) is 88.9 Å². The normalized spacial score (nSPS) is 26.4. The number of thiazole rings is 1. The molecule has 4 aliphatic rings. The van der Waals surface area contributed by atoms with Crippen molar-refractivity contribution >= 4 is 68.3 Å². The number of carbonyl (C=O) groups excluding carboxylic acids is 6. The highest BCUT2D eigenvalue weighted by molar-refractivity contribution is 7.26. The average Bonchev–Trinajstić information content (AvgIpc) is 4.01. The Hall–Kier alpha value is -4.75. The molecule has 4 aliphatic carbocycles. The topological polar surface area (TPSA) is 152 Å². The first-order chi connectivity index (χ1) is 31.4. The van der Waals surface area contributed by atoms with Crippen LogP contribution in [0.15, 0.2) is 54.6 Å². The van der Waals surface area contributed by atoms with Gasteiger partial charge in [0.2, 0.25) is 0 Å². The van der Waals surface area contributed by atoms with Gasteiger partial charge in [-0.25, -0.2) is 4.98 Å². The van der Waals surface area contributed by atoms with E-state index in [1.54, 1.807) is 37.3 Å². The zero-order valence-corrected chi connectivity index (χ0v) is 39.4. The van der Waals surface area contributed by atoms with E-state index in [2.05, 4.69) is 18.2 Å². The number of ether oxygens (including phenoxy) is 4. The van der Waals surface area contributed by atoms with Crippen molar-refractivity contribution in [3.8, 4) is 31.8 Å². The molecule has 4 aromatic rings. The van der Waals surface area contributed by atoms with Crippen LogP contribution in [-0.4, -0.2) is 53.1 Å². The summed E-state index contributed by atoms with van der Waals surface area (Å²) >= 11 is 3.02. The monoisotopic (exact) mass is 923 g/mol. The lowest BCUT2D eigenvalue weighted by Gasteiger charge is -2.32. The summed E-state index contributed by atoms with van der Waals surface area (Å²) in [6, 6.07) is 17.6. The first kappa shape index (κ1) is 46.8. The maximum atomic E-state index is 13.8. The summed E-state index contributed by atoms with van der Waals surface area (Å²) in [6.07, 6.45) is 10.9. The van der Waals surface area contributed by atoms with Gasteiger partial charge in [0.15, 0.2) is 11.5 Å². The molecule has 1 unspecified atom stereocenters. The van der Waals surface area contributed by atoms with Crippen LogP contribution in [0.1, 0.15) is 124 Å². The SMILES string of the molecule is CC(=O)C1CCC(C(=O)OCC2CCC(C(=O)Oc3ccc(OC(=O)C4CCC(C(C)OC(=O)C5CCC(C(C)=O)CC5)CC4)c4nc(-c5ccc(-c6ccccc6)s5)sc34)CC2)CC1. The second kappa shape index (κ2) is 21.3. The van der Waals surface area contributed by atoms with E-state index in [0.29, 0.717) is 79.7 Å². The molecule has 346 valence electrons. The Morgan fingerprint density at radius 2 is 1.05 bits per heavy atom. The van der Waals surface area contributed by atoms with Gasteiger partial charge in [0.1, 0.15) is 32.9 Å². The second-order valence-electron chi connectivity index (χ2n) is 19.1. The number of carbonyl (C=O) groups is 6. The smallest absolute Gasteiger partial charge is 0.314 e. The highest BCUT2D eigenvalue weighted by atomic mass is 32.1. The maximum absolute atomic E-state index is 13.8. The molecular weight excluding hydrogens is 863 g/mol. The van der Waals surface area contributed by atoms with Crippen LogP contribution < -0.4 is 9.47 Å². The van der Waals surface area contributed by atoms with Gasteiger partial charge >= 0.3 is 23.9 Å². The van der Waals surface area contributed by atoms with E-state index in [1.165, 1.54) is 11.3 Å². The molecule has 13 heteroatoms. The molecule has 4 fully saturated rings. The molecule has 1 atom stereocenters. The van der Waals surface area contributed by atoms with Crippen LogP contribution in [0, 0.1) is 47.3 Å². The van der Waals surface area contributed by atoms with Gasteiger partial charge < -0.3 is 18.9 Å². The van der Waals surface area contributed by atoms with Gasteiger partial charge in [0, 0.05) is 16.7 Å². The molecule has 2 heterocycles. The molecule has 0 amide bonds. The Labute approximate surface area is 389 Å². The van der Waals surface area contributed by atoms with Gasteiger partial charge in [0.05, 0.1) is 35.2 Å². The predicted molar refractivity (Wildman–Crippen MR) is 249 cm³/mol. The van der Waals surface area contributed by atoms with Crippen molar-refractivity contribution in [3.63, 3.8) is 0 Å². The van der Waals surface area contributed by atoms with Crippen molar-refractivity contribution in [3.05, 3.63) is 54.6 Å². The lowest BCUT2D eigenvalue weighted by atomic mass is 9.79. The molecule has 0 saturated heterocycles. The molecule has 65 heavy (non-hydrogen) atoms. The third-order valence-electron chi connectivity index (χ3n) is 14.7. The fraction of sp³-hybridized carbons (Fsp3) is 0.558. The molecule has 11 nitrogen and oxygen atoms in total. The summed E-state index contributed by atoms with van der Waals surface area (Å²) in [5.74, 6) is -0.410. The first-order valence-electron chi connectivity index (χ1n) is 23.8. The molecule has 0 bridgehead atoms. The Balaban J connectivity index is 0.890. The minimum absolute atomic E-state index is 0.0513. The minimum atomic E-state index is -0.332. The van der Waals surface area contributed by atoms with Gasteiger partial charge in [-0.3, -0.25) is 28.8 Å². The lowest BCUT2D eigenvalue weighted by molar-refractivity contribution is -0.159. The maximum Gasteiger partial charge on any atom is 0.314 e. The number of Topliss-reactive ketones (excluding diaryl/α,β-unsaturated/α-hetero) is 2. The van der Waals surface area contributed by atoms with Crippen LogP contribution in [-0.2, 0) is 38.2 Å². The van der Waals surface area contributed by atoms with E-state index >= 15 is 0 Å². The third kappa shape index (κ3) is 11.4. The molecule has 2 aromatic carbocycles. The largest absolute Gasteiger partial charge is 0.465 e. The highest BCUT2D eigenvalue weighted by Crippen LogP contribution is 2.45. The predicted octanol–water partition coefficient (Wildman–Crippen LogP) is 11.4. The van der Waals surface area contributed by atoms with Gasteiger partial charge in [-0.05, 0) is 165 Å². The summed E-state index contributed by atoms with van der Waals surface area (Å²) in [6.45, 7) is 5.54. The van der Waals surface area contributed by atoms with E-state index in [1.807, 2.05) is 31.2 Å². The Morgan fingerprint density at radius 3 is 1.65 bits per heavy atom. The molecule has 0 spiro atoms. The summed E-state index contributed by atoms with van der Waals surface area (Å²) in [4.78, 5) is 84.0. The molecule has 4 saturated carbocycles. The lowest BCUT2D eigenvalue weighted by Crippen LogP contribution is -2.34. The Bertz CT molecular complexity index is 2340. The highest BCUT2D eigenvalue weighted by Gasteiger charge is 2.36. The molecule has 0 N–H and O–H groups in total. The number of thiophene rings is 1. The van der Waals surface area contributed by atoms with Crippen LogP contribution >= 0.6 is 22.7 Å². The van der Waals surface area contributed by atoms with Crippen LogP contribution in [0.4, 0.5) is 0 Å². The molecule has 2 aromatic heterocycles. The van der Waals surface area contributed by atoms with E-state index in [4.69, 9.17) is 23.9 Å². The van der Waals surface area contributed by atoms with Gasteiger partial charge in [-0.1, -0.05) is 30.3 Å². The minimum Gasteiger partial charge on any atom is -0.465 e. The van der Waals surface area contributed by atoms with Crippen molar-refractivity contribution in [2.45, 2.75) is 130 Å². The first-order valence-corrected chi connectivity index (χ1v) is 25.4. The zero-order valence-electron chi connectivity index (χ0n) is 37.8. The van der Waals surface area contributed by atoms with E-state index in [9.17, 15) is 28.8 Å². The van der Waals surface area contributed by atoms with Gasteiger partial charge in [-0.15, -0.1) is 22.7 Å². The van der Waals surface area contributed by atoms with Crippen LogP contribution in [0.5, 0.6) is 11.5 Å². The van der Waals surface area contributed by atoms with E-state index < -0.39 is 0 Å². The number of hydrogen-bond donors (Lipinski definition) is 0. The average molecular weight is 924 g/mol. The molecule has 8 rings (SSSR count). The van der Waals surface area contributed by atoms with Crippen LogP contribution in [0.2, 0.25) is 0 Å². The van der Waals surface area contributed by atoms with Crippen LogP contribution in [0.3, 0.4) is 0 Å². The number of hydrogen-bond acceptors (Lipinski definition) is 13. The number of rotatable bonds is 14. The third-order valence-corrected chi connectivity index (χ3v) is 17.1. The summed E-state index contributed by atoms with van der Waals surface area (Å²) < 4.78 is 24.6. The van der Waals surface area contributed by atoms with Gasteiger partial charge in [0.25, 0.3) is 0 Å². The number of fused-ring (bicyclic) bond motifs is 1. The molecule has 0 aliphatic heterocycles. The quantitative estimate of drug-likeness (QED) is 0.0877. The van der Waals surface area contributed by atoms with Crippen molar-refractivity contribution in [2.24, 2.45) is 47.3 Å². The standard InChI is InChI=1S/C52H61NO10S2/c1-30(54)34-13-19-38(20-14-34)49(56)60-29-33-9-11-39(12-10-33)52(59)63-43-26-25-42(46-47(43)65-48(53-46)45-28-27-44(64-45)37-7-5-4-6-8-37)62-51(58)41-23-17-36(18-24-41)32(3)61-50(57)40-21-15-35(16-22-40)31(2)55/h4-8,25-28,32-36,38-41H,9-24,29H2,1-3H3. The Morgan fingerprint density at radius 1 is 0.554 bits per heavy atom. The summed E-state index contributed by atoms with van der Waals surface area (Å²) in [7, 11) is 0. The number of nitrogens with zero attached hydrogens (tertiary/aromatic N) is 1. The number of aromatic nitrogens is 1. The molecule has 0 radical (unpaired) electrons. The number of esters is 4. The second-order valence-corrected chi connectivity index (χ2v) is 21.1. The van der Waals surface area contributed by atoms with Crippen LogP contribution in [0.25, 0.3) is 30.5 Å². The summed E-state index contributed by atoms with van der Waals surface area (Å²) in [5.41, 5.74) is 1.57. The Kier molecular flexibility index (Phi) is 15.3. The van der Waals surface area contributed by atoms with Crippen molar-refractivity contribution in [2.75, 3.05) is 6.61 Å².